The number of sulfonamides is 1. The number of carbonyl (C=O) groups excluding carboxylic acids is 1. The molecule has 0 atom stereocenters. The van der Waals surface area contributed by atoms with Gasteiger partial charge in [-0.3, -0.25) is 4.79 Å². The van der Waals surface area contributed by atoms with Crippen molar-refractivity contribution in [3.05, 3.63) is 29.6 Å². The van der Waals surface area contributed by atoms with Crippen molar-refractivity contribution in [2.45, 2.75) is 6.92 Å². The number of benzene rings is 1. The summed E-state index contributed by atoms with van der Waals surface area (Å²) in [7, 11) is -3.28. The zero-order valence-electron chi connectivity index (χ0n) is 11.4. The summed E-state index contributed by atoms with van der Waals surface area (Å²) in [6.45, 7) is 2.48. The molecule has 1 rings (SSSR count). The molecule has 0 heterocycles. The Morgan fingerprint density at radius 1 is 1.30 bits per heavy atom. The number of halogens is 1. The van der Waals surface area contributed by atoms with Crippen molar-refractivity contribution >= 4 is 21.6 Å². The summed E-state index contributed by atoms with van der Waals surface area (Å²) in [6, 6.07) is 4.21. The smallest absolute Gasteiger partial charge is 0.253 e. The van der Waals surface area contributed by atoms with Gasteiger partial charge in [0.2, 0.25) is 10.0 Å². The summed E-state index contributed by atoms with van der Waals surface area (Å²) in [5, 5.41) is 5.32. The summed E-state index contributed by atoms with van der Waals surface area (Å²) in [5.74, 6) is -0.968. The first-order chi connectivity index (χ1) is 9.35. The highest BCUT2D eigenvalue weighted by Gasteiger charge is 2.14. The summed E-state index contributed by atoms with van der Waals surface area (Å²) in [6.07, 6.45) is 1.03. The topological polar surface area (TPSA) is 87.3 Å². The predicted octanol–water partition coefficient (Wildman–Crippen LogP) is 0.536. The second-order valence-corrected chi connectivity index (χ2v) is 5.95. The molecule has 0 saturated heterocycles. The minimum absolute atomic E-state index is 0.0798. The minimum Gasteiger partial charge on any atom is -0.382 e. The number of hydrogen-bond donors (Lipinski definition) is 3. The third kappa shape index (κ3) is 5.14. The highest BCUT2D eigenvalue weighted by atomic mass is 32.2. The second-order valence-electron chi connectivity index (χ2n) is 4.12. The van der Waals surface area contributed by atoms with Crippen molar-refractivity contribution < 1.29 is 17.6 Å². The molecule has 20 heavy (non-hydrogen) atoms. The fourth-order valence-corrected chi connectivity index (χ4v) is 2.05. The Kier molecular flexibility index (Phi) is 5.90. The van der Waals surface area contributed by atoms with Crippen LogP contribution >= 0.6 is 0 Å². The molecule has 112 valence electrons. The van der Waals surface area contributed by atoms with Crippen LogP contribution in [0.4, 0.5) is 10.1 Å². The van der Waals surface area contributed by atoms with Crippen LogP contribution in [0.25, 0.3) is 0 Å². The van der Waals surface area contributed by atoms with Crippen LogP contribution in [0.5, 0.6) is 0 Å². The van der Waals surface area contributed by atoms with Crippen molar-refractivity contribution in [2.75, 3.05) is 31.2 Å². The Morgan fingerprint density at radius 2 is 2.00 bits per heavy atom. The van der Waals surface area contributed by atoms with Crippen molar-refractivity contribution in [1.82, 2.24) is 10.0 Å². The van der Waals surface area contributed by atoms with Crippen LogP contribution in [-0.4, -0.2) is 40.2 Å². The van der Waals surface area contributed by atoms with Crippen LogP contribution in [0.1, 0.15) is 17.3 Å². The van der Waals surface area contributed by atoms with E-state index < -0.39 is 21.7 Å². The number of para-hydroxylation sites is 1. The molecule has 1 aromatic rings. The van der Waals surface area contributed by atoms with Gasteiger partial charge in [-0.05, 0) is 19.1 Å². The fourth-order valence-electron chi connectivity index (χ4n) is 1.58. The lowest BCUT2D eigenvalue weighted by molar-refractivity contribution is 0.0954. The number of carbonyl (C=O) groups is 1. The molecule has 0 saturated carbocycles. The summed E-state index contributed by atoms with van der Waals surface area (Å²) in [4.78, 5) is 11.9. The maximum Gasteiger partial charge on any atom is 0.253 e. The number of amides is 1. The van der Waals surface area contributed by atoms with Crippen LogP contribution in [0, 0.1) is 5.82 Å². The molecule has 1 aromatic carbocycles. The van der Waals surface area contributed by atoms with Crippen LogP contribution in [0.3, 0.4) is 0 Å². The highest BCUT2D eigenvalue weighted by Crippen LogP contribution is 2.19. The van der Waals surface area contributed by atoms with E-state index in [1.807, 2.05) is 0 Å². The molecular weight excluding hydrogens is 285 g/mol. The zero-order valence-corrected chi connectivity index (χ0v) is 12.2. The third-order valence-electron chi connectivity index (χ3n) is 2.39. The number of rotatable bonds is 7. The number of nitrogens with one attached hydrogen (secondary N) is 3. The fraction of sp³-hybridized carbons (Fsp3) is 0.417. The Balaban J connectivity index is 2.66. The largest absolute Gasteiger partial charge is 0.382 e. The third-order valence-corrected chi connectivity index (χ3v) is 3.12. The van der Waals surface area contributed by atoms with Gasteiger partial charge in [-0.2, -0.15) is 0 Å². The lowest BCUT2D eigenvalue weighted by Gasteiger charge is -2.12. The molecular formula is C12H18FN3O3S. The molecule has 0 spiro atoms. The quantitative estimate of drug-likeness (QED) is 0.642. The second kappa shape index (κ2) is 7.20. The van der Waals surface area contributed by atoms with E-state index in [1.54, 1.807) is 6.92 Å². The molecule has 6 nitrogen and oxygen atoms in total. The van der Waals surface area contributed by atoms with Crippen molar-refractivity contribution in [1.29, 1.82) is 0 Å². The Labute approximate surface area is 117 Å². The van der Waals surface area contributed by atoms with Gasteiger partial charge in [-0.15, -0.1) is 0 Å². The predicted molar refractivity (Wildman–Crippen MR) is 75.7 cm³/mol. The maximum atomic E-state index is 13.6. The standard InChI is InChI=1S/C12H18FN3O3S/c1-3-14-11-9(5-4-6-10(11)13)12(17)15-7-8-16-20(2,18)19/h4-6,14,16H,3,7-8H2,1-2H3,(H,15,17). The lowest BCUT2D eigenvalue weighted by Crippen LogP contribution is -2.34. The molecule has 0 aliphatic rings. The Hall–Kier alpha value is -1.67. The first kappa shape index (κ1) is 16.4. The van der Waals surface area contributed by atoms with Gasteiger partial charge in [-0.25, -0.2) is 17.5 Å². The Morgan fingerprint density at radius 3 is 2.60 bits per heavy atom. The minimum atomic E-state index is -3.28. The highest BCUT2D eigenvalue weighted by molar-refractivity contribution is 7.88. The molecule has 1 amide bonds. The molecule has 8 heteroatoms. The number of anilines is 1. The van der Waals surface area contributed by atoms with Crippen molar-refractivity contribution in [2.24, 2.45) is 0 Å². The molecule has 0 aliphatic heterocycles. The van der Waals surface area contributed by atoms with E-state index in [0.29, 0.717) is 6.54 Å². The molecule has 0 unspecified atom stereocenters. The van der Waals surface area contributed by atoms with E-state index in [4.69, 9.17) is 0 Å². The van der Waals surface area contributed by atoms with Crippen LogP contribution in [-0.2, 0) is 10.0 Å². The molecule has 0 aliphatic carbocycles. The molecule has 0 fully saturated rings. The number of hydrogen-bond acceptors (Lipinski definition) is 4. The summed E-state index contributed by atoms with van der Waals surface area (Å²) < 4.78 is 37.5. The first-order valence-corrected chi connectivity index (χ1v) is 7.99. The van der Waals surface area contributed by atoms with Gasteiger partial charge in [0.15, 0.2) is 0 Å². The van der Waals surface area contributed by atoms with Gasteiger partial charge >= 0.3 is 0 Å². The van der Waals surface area contributed by atoms with E-state index in [1.165, 1.54) is 18.2 Å². The maximum absolute atomic E-state index is 13.6. The van der Waals surface area contributed by atoms with Gasteiger partial charge in [0.25, 0.3) is 5.91 Å². The summed E-state index contributed by atoms with van der Waals surface area (Å²) in [5.41, 5.74) is 0.328. The van der Waals surface area contributed by atoms with E-state index in [0.717, 1.165) is 6.26 Å². The van der Waals surface area contributed by atoms with Gasteiger partial charge in [0.1, 0.15) is 5.82 Å². The molecule has 0 aromatic heterocycles. The normalized spacial score (nSPS) is 11.2. The molecule has 3 N–H and O–H groups in total. The molecule has 0 bridgehead atoms. The van der Waals surface area contributed by atoms with E-state index in [2.05, 4.69) is 15.4 Å². The van der Waals surface area contributed by atoms with E-state index in [9.17, 15) is 17.6 Å². The van der Waals surface area contributed by atoms with Gasteiger partial charge in [0.05, 0.1) is 17.5 Å². The summed E-state index contributed by atoms with van der Waals surface area (Å²) >= 11 is 0. The zero-order chi connectivity index (χ0) is 15.2. The Bertz CT molecular complexity index is 575. The van der Waals surface area contributed by atoms with E-state index in [-0.39, 0.29) is 24.3 Å². The van der Waals surface area contributed by atoms with E-state index >= 15 is 0 Å². The SMILES string of the molecule is CCNc1c(F)cccc1C(=O)NCCNS(C)(=O)=O. The van der Waals surface area contributed by atoms with Gasteiger partial charge in [-0.1, -0.05) is 6.07 Å². The molecule has 0 radical (unpaired) electrons. The average Bonchev–Trinajstić information content (AvgIpc) is 2.36. The monoisotopic (exact) mass is 303 g/mol. The van der Waals surface area contributed by atoms with Crippen LogP contribution in [0.2, 0.25) is 0 Å². The first-order valence-electron chi connectivity index (χ1n) is 6.10. The lowest BCUT2D eigenvalue weighted by atomic mass is 10.1. The van der Waals surface area contributed by atoms with Gasteiger partial charge < -0.3 is 10.6 Å². The van der Waals surface area contributed by atoms with Crippen molar-refractivity contribution in [3.63, 3.8) is 0 Å². The van der Waals surface area contributed by atoms with Crippen LogP contribution < -0.4 is 15.4 Å². The average molecular weight is 303 g/mol. The van der Waals surface area contributed by atoms with Crippen LogP contribution in [0.15, 0.2) is 18.2 Å². The van der Waals surface area contributed by atoms with Gasteiger partial charge in [0, 0.05) is 19.6 Å². The van der Waals surface area contributed by atoms with Crippen molar-refractivity contribution in [3.8, 4) is 0 Å².